The monoisotopic (exact) mass is 302 g/mol. The zero-order valence-corrected chi connectivity index (χ0v) is 11.9. The molecule has 0 aromatic heterocycles. The predicted octanol–water partition coefficient (Wildman–Crippen LogP) is 0.963. The lowest BCUT2D eigenvalue weighted by atomic mass is 10.1. The molecule has 0 fully saturated rings. The van der Waals surface area contributed by atoms with Crippen molar-refractivity contribution in [3.63, 3.8) is 0 Å². The summed E-state index contributed by atoms with van der Waals surface area (Å²) in [5, 5.41) is 19.5. The van der Waals surface area contributed by atoms with E-state index in [0.29, 0.717) is 0 Å². The number of carboxylic acid groups (broad SMARTS) is 1. The molecule has 0 aliphatic heterocycles. The highest BCUT2D eigenvalue weighted by Gasteiger charge is 2.25. The van der Waals surface area contributed by atoms with Crippen LogP contribution in [0.25, 0.3) is 0 Å². The molecule has 0 bridgehead atoms. The van der Waals surface area contributed by atoms with Crippen LogP contribution in [0.1, 0.15) is 18.1 Å². The molecule has 1 aromatic rings. The molecule has 0 amide bonds. The van der Waals surface area contributed by atoms with Crippen molar-refractivity contribution in [2.75, 3.05) is 0 Å². The molecule has 9 heteroatoms. The van der Waals surface area contributed by atoms with E-state index in [0.717, 1.165) is 12.1 Å². The van der Waals surface area contributed by atoms with Gasteiger partial charge in [0, 0.05) is 11.6 Å². The van der Waals surface area contributed by atoms with Crippen molar-refractivity contribution < 1.29 is 23.2 Å². The highest BCUT2D eigenvalue weighted by molar-refractivity contribution is 7.89. The summed E-state index contributed by atoms with van der Waals surface area (Å²) in [7, 11) is -4.05. The number of carbonyl (C=O) groups is 1. The van der Waals surface area contributed by atoms with Crippen molar-refractivity contribution >= 4 is 21.7 Å². The maximum Gasteiger partial charge on any atom is 0.321 e. The van der Waals surface area contributed by atoms with Crippen LogP contribution in [0.15, 0.2) is 17.0 Å². The molecule has 0 radical (unpaired) electrons. The van der Waals surface area contributed by atoms with Crippen LogP contribution in [0.5, 0.6) is 0 Å². The highest BCUT2D eigenvalue weighted by atomic mass is 32.2. The van der Waals surface area contributed by atoms with Crippen molar-refractivity contribution in [2.24, 2.45) is 0 Å². The van der Waals surface area contributed by atoms with Crippen LogP contribution in [-0.2, 0) is 14.8 Å². The first kappa shape index (κ1) is 16.1. The van der Waals surface area contributed by atoms with Crippen molar-refractivity contribution in [2.45, 2.75) is 31.7 Å². The van der Waals surface area contributed by atoms with E-state index in [-0.39, 0.29) is 21.7 Å². The van der Waals surface area contributed by atoms with Gasteiger partial charge in [0.15, 0.2) is 0 Å². The van der Waals surface area contributed by atoms with Crippen LogP contribution in [0.4, 0.5) is 5.69 Å². The smallest absolute Gasteiger partial charge is 0.321 e. The Hall–Kier alpha value is -2.00. The van der Waals surface area contributed by atoms with Crippen LogP contribution < -0.4 is 4.72 Å². The summed E-state index contributed by atoms with van der Waals surface area (Å²) in [6.45, 7) is 4.01. The van der Waals surface area contributed by atoms with Gasteiger partial charge in [-0.2, -0.15) is 4.72 Å². The van der Waals surface area contributed by atoms with E-state index in [1.165, 1.54) is 20.8 Å². The fourth-order valence-corrected chi connectivity index (χ4v) is 3.12. The quantitative estimate of drug-likeness (QED) is 0.616. The van der Waals surface area contributed by atoms with Gasteiger partial charge in [-0.3, -0.25) is 14.9 Å². The van der Waals surface area contributed by atoms with Gasteiger partial charge in [0.25, 0.3) is 5.69 Å². The first-order valence-corrected chi connectivity index (χ1v) is 7.05. The number of nitrogens with zero attached hydrogens (tertiary/aromatic N) is 1. The maximum atomic E-state index is 12.1. The second-order valence-electron chi connectivity index (χ2n) is 4.34. The molecule has 0 aliphatic carbocycles. The summed E-state index contributed by atoms with van der Waals surface area (Å²) < 4.78 is 26.1. The molecule has 1 atom stereocenters. The van der Waals surface area contributed by atoms with E-state index in [1.54, 1.807) is 0 Å². The minimum absolute atomic E-state index is 0.172. The number of benzene rings is 1. The number of aryl methyl sites for hydroxylation is 2. The molecule has 1 aromatic carbocycles. The first-order valence-electron chi connectivity index (χ1n) is 5.57. The van der Waals surface area contributed by atoms with E-state index < -0.39 is 27.0 Å². The zero-order valence-electron chi connectivity index (χ0n) is 11.1. The summed E-state index contributed by atoms with van der Waals surface area (Å²) in [6, 6.07) is 1.01. The maximum absolute atomic E-state index is 12.1. The third kappa shape index (κ3) is 3.31. The van der Waals surface area contributed by atoms with Crippen LogP contribution in [0, 0.1) is 24.0 Å². The Balaban J connectivity index is 3.30. The average molecular weight is 302 g/mol. The summed E-state index contributed by atoms with van der Waals surface area (Å²) in [6.07, 6.45) is 0. The predicted molar refractivity (Wildman–Crippen MR) is 70.0 cm³/mol. The lowest BCUT2D eigenvalue weighted by molar-refractivity contribution is -0.385. The van der Waals surface area contributed by atoms with Crippen molar-refractivity contribution in [1.29, 1.82) is 0 Å². The number of nitro benzene ring substituents is 1. The second-order valence-corrected chi connectivity index (χ2v) is 6.02. The number of sulfonamides is 1. The van der Waals surface area contributed by atoms with Crippen LogP contribution >= 0.6 is 0 Å². The van der Waals surface area contributed by atoms with Gasteiger partial charge in [-0.05, 0) is 32.4 Å². The molecule has 0 saturated heterocycles. The number of rotatable bonds is 5. The Morgan fingerprint density at radius 1 is 1.35 bits per heavy atom. The Morgan fingerprint density at radius 3 is 2.35 bits per heavy atom. The summed E-state index contributed by atoms with van der Waals surface area (Å²) in [4.78, 5) is 20.7. The standard InChI is InChI=1S/C11H14N2O6S/c1-6-5-10(7(2)4-9(6)13(16)17)20(18,19)12-8(3)11(14)15/h4-5,8,12H,1-3H3,(H,14,15)/t8-/m1/s1. The number of hydrogen-bond acceptors (Lipinski definition) is 5. The molecule has 0 spiro atoms. The van der Waals surface area contributed by atoms with Crippen molar-refractivity contribution in [3.05, 3.63) is 33.4 Å². The Morgan fingerprint density at radius 2 is 1.90 bits per heavy atom. The van der Waals surface area contributed by atoms with Gasteiger partial charge in [-0.25, -0.2) is 8.42 Å². The topological polar surface area (TPSA) is 127 Å². The van der Waals surface area contributed by atoms with Crippen LogP contribution in [0.2, 0.25) is 0 Å². The molecule has 20 heavy (non-hydrogen) atoms. The minimum atomic E-state index is -4.05. The normalized spacial score (nSPS) is 12.9. The fourth-order valence-electron chi connectivity index (χ4n) is 1.61. The average Bonchev–Trinajstić information content (AvgIpc) is 2.30. The number of aliphatic carboxylic acids is 1. The number of nitro groups is 1. The Kier molecular flexibility index (Phi) is 4.46. The van der Waals surface area contributed by atoms with Gasteiger partial charge >= 0.3 is 5.97 Å². The van der Waals surface area contributed by atoms with Gasteiger partial charge in [0.05, 0.1) is 9.82 Å². The van der Waals surface area contributed by atoms with E-state index in [2.05, 4.69) is 0 Å². The highest BCUT2D eigenvalue weighted by Crippen LogP contribution is 2.25. The number of hydrogen-bond donors (Lipinski definition) is 2. The third-order valence-corrected chi connectivity index (χ3v) is 4.36. The van der Waals surface area contributed by atoms with Gasteiger partial charge < -0.3 is 5.11 Å². The van der Waals surface area contributed by atoms with E-state index in [4.69, 9.17) is 5.11 Å². The lowest BCUT2D eigenvalue weighted by Gasteiger charge is -2.12. The molecule has 0 aliphatic rings. The van der Waals surface area contributed by atoms with Crippen LogP contribution in [0.3, 0.4) is 0 Å². The molecule has 8 nitrogen and oxygen atoms in total. The van der Waals surface area contributed by atoms with Crippen molar-refractivity contribution in [3.8, 4) is 0 Å². The van der Waals surface area contributed by atoms with E-state index in [9.17, 15) is 23.3 Å². The largest absolute Gasteiger partial charge is 0.480 e. The Labute approximate surface area is 115 Å². The second kappa shape index (κ2) is 5.55. The van der Waals surface area contributed by atoms with E-state index >= 15 is 0 Å². The molecular formula is C11H14N2O6S. The van der Waals surface area contributed by atoms with Gasteiger partial charge in [0.1, 0.15) is 6.04 Å². The molecule has 2 N–H and O–H groups in total. The first-order chi connectivity index (χ1) is 9.06. The zero-order chi connectivity index (χ0) is 15.7. The van der Waals surface area contributed by atoms with Gasteiger partial charge in [-0.15, -0.1) is 0 Å². The third-order valence-electron chi connectivity index (χ3n) is 2.68. The molecule has 0 heterocycles. The molecule has 0 unspecified atom stereocenters. The Bertz CT molecular complexity index is 668. The summed E-state index contributed by atoms with van der Waals surface area (Å²) in [5.74, 6) is -1.31. The van der Waals surface area contributed by atoms with Gasteiger partial charge in [-0.1, -0.05) is 0 Å². The van der Waals surface area contributed by atoms with Gasteiger partial charge in [0.2, 0.25) is 10.0 Å². The molecule has 0 saturated carbocycles. The molecule has 1 rings (SSSR count). The fraction of sp³-hybridized carbons (Fsp3) is 0.364. The van der Waals surface area contributed by atoms with Crippen LogP contribution in [-0.4, -0.2) is 30.5 Å². The minimum Gasteiger partial charge on any atom is -0.480 e. The molecule has 110 valence electrons. The lowest BCUT2D eigenvalue weighted by Crippen LogP contribution is -2.38. The summed E-state index contributed by atoms with van der Waals surface area (Å²) >= 11 is 0. The number of carboxylic acids is 1. The summed E-state index contributed by atoms with van der Waals surface area (Å²) in [5.41, 5.74) is 0.170. The molecular weight excluding hydrogens is 288 g/mol. The van der Waals surface area contributed by atoms with Crippen molar-refractivity contribution in [1.82, 2.24) is 4.72 Å². The van der Waals surface area contributed by atoms with E-state index in [1.807, 2.05) is 4.72 Å². The number of nitrogens with one attached hydrogen (secondary N) is 1. The SMILES string of the molecule is Cc1cc(S(=O)(=O)N[C@H](C)C(=O)O)c(C)cc1[N+](=O)[O-].